The van der Waals surface area contributed by atoms with E-state index in [1.165, 1.54) is 67.0 Å². The Kier molecular flexibility index (Phi) is 6.01. The maximum Gasteiger partial charge on any atom is 0.136 e. The molecule has 0 amide bonds. The van der Waals surface area contributed by atoms with Crippen LogP contribution in [0.15, 0.2) is 156 Å². The zero-order chi connectivity index (χ0) is 33.8. The van der Waals surface area contributed by atoms with E-state index in [2.05, 4.69) is 178 Å². The maximum absolute atomic E-state index is 6.26. The van der Waals surface area contributed by atoms with Crippen LogP contribution < -0.4 is 4.90 Å². The standard InChI is InChI=1S/C48H37NO/c1-47(2)38-20-8-5-14-33(38)35-18-11-22-40(45(35)47)49(41-23-12-19-36-34-15-6-9-21-39(34)48(3,4)46(36)41)31-28-26-30(27-29-31)32-17-13-25-43-44(32)37-16-7-10-24-42(37)50-43/h5-29H,1-4H3. The van der Waals surface area contributed by atoms with E-state index in [-0.39, 0.29) is 10.8 Å². The first-order chi connectivity index (χ1) is 24.3. The van der Waals surface area contributed by atoms with Crippen molar-refractivity contribution in [3.63, 3.8) is 0 Å². The third-order valence-corrected chi connectivity index (χ3v) is 11.4. The van der Waals surface area contributed by atoms with Crippen LogP contribution in [-0.2, 0) is 10.8 Å². The van der Waals surface area contributed by atoms with E-state index in [4.69, 9.17) is 4.42 Å². The zero-order valence-electron chi connectivity index (χ0n) is 28.8. The lowest BCUT2D eigenvalue weighted by Crippen LogP contribution is -2.23. The molecule has 10 rings (SSSR count). The van der Waals surface area contributed by atoms with Gasteiger partial charge in [0.1, 0.15) is 11.2 Å². The van der Waals surface area contributed by atoms with E-state index in [0.717, 1.165) is 27.6 Å². The summed E-state index contributed by atoms with van der Waals surface area (Å²) in [6.45, 7) is 9.53. The molecule has 0 saturated carbocycles. The van der Waals surface area contributed by atoms with Crippen molar-refractivity contribution in [3.05, 3.63) is 174 Å². The highest BCUT2D eigenvalue weighted by molar-refractivity contribution is 6.12. The SMILES string of the molecule is CC1(C)c2ccccc2-c2cccc(N(c3ccc(-c4cccc5oc6ccccc6c45)cc3)c3cccc4c3C(C)(C)c3ccccc3-4)c21. The van der Waals surface area contributed by atoms with Crippen LogP contribution in [0.1, 0.15) is 49.9 Å². The summed E-state index contributed by atoms with van der Waals surface area (Å²) in [4.78, 5) is 2.54. The van der Waals surface area contributed by atoms with Gasteiger partial charge in [0, 0.05) is 27.3 Å². The smallest absolute Gasteiger partial charge is 0.136 e. The zero-order valence-corrected chi connectivity index (χ0v) is 28.8. The molecular weight excluding hydrogens is 607 g/mol. The van der Waals surface area contributed by atoms with Gasteiger partial charge in [0.15, 0.2) is 0 Å². The monoisotopic (exact) mass is 643 g/mol. The highest BCUT2D eigenvalue weighted by Crippen LogP contribution is 2.58. The second kappa shape index (κ2) is 10.3. The number of furan rings is 1. The molecule has 240 valence electrons. The Labute approximate surface area is 293 Å². The van der Waals surface area contributed by atoms with Crippen molar-refractivity contribution < 1.29 is 4.42 Å². The summed E-state index contributed by atoms with van der Waals surface area (Å²) in [6.07, 6.45) is 0. The molecule has 0 radical (unpaired) electrons. The van der Waals surface area contributed by atoms with Gasteiger partial charge < -0.3 is 9.32 Å². The van der Waals surface area contributed by atoms with Crippen LogP contribution in [0.3, 0.4) is 0 Å². The number of nitrogens with zero attached hydrogens (tertiary/aromatic N) is 1. The second-order valence-corrected chi connectivity index (χ2v) is 14.9. The minimum atomic E-state index is -0.171. The van der Waals surface area contributed by atoms with Crippen molar-refractivity contribution in [2.24, 2.45) is 0 Å². The molecule has 0 N–H and O–H groups in total. The van der Waals surface area contributed by atoms with E-state index >= 15 is 0 Å². The van der Waals surface area contributed by atoms with Crippen molar-refractivity contribution in [2.75, 3.05) is 4.90 Å². The van der Waals surface area contributed by atoms with Gasteiger partial charge in [-0.05, 0) is 92.0 Å². The Morgan fingerprint density at radius 2 is 0.900 bits per heavy atom. The normalized spacial score (nSPS) is 14.7. The highest BCUT2D eigenvalue weighted by Gasteiger charge is 2.42. The van der Waals surface area contributed by atoms with Crippen LogP contribution in [-0.4, -0.2) is 0 Å². The Morgan fingerprint density at radius 1 is 0.420 bits per heavy atom. The molecule has 1 heterocycles. The lowest BCUT2D eigenvalue weighted by atomic mass is 9.80. The topological polar surface area (TPSA) is 16.4 Å². The Bertz CT molecular complexity index is 2550. The van der Waals surface area contributed by atoms with Crippen molar-refractivity contribution in [3.8, 4) is 33.4 Å². The summed E-state index contributed by atoms with van der Waals surface area (Å²) in [6, 6.07) is 55.5. The van der Waals surface area contributed by atoms with Crippen LogP contribution in [0.4, 0.5) is 17.1 Å². The molecule has 2 nitrogen and oxygen atoms in total. The quantitative estimate of drug-likeness (QED) is 0.190. The highest BCUT2D eigenvalue weighted by atomic mass is 16.3. The van der Waals surface area contributed by atoms with Gasteiger partial charge in [-0.3, -0.25) is 0 Å². The summed E-state index contributed by atoms with van der Waals surface area (Å²) < 4.78 is 6.26. The first kappa shape index (κ1) is 29.1. The van der Waals surface area contributed by atoms with Gasteiger partial charge in [-0.1, -0.05) is 143 Å². The third kappa shape index (κ3) is 3.91. The first-order valence-electron chi connectivity index (χ1n) is 17.6. The minimum absolute atomic E-state index is 0.171. The molecule has 2 aliphatic rings. The molecule has 0 fully saturated rings. The number of anilines is 3. The molecule has 50 heavy (non-hydrogen) atoms. The van der Waals surface area contributed by atoms with E-state index in [1.807, 2.05) is 6.07 Å². The molecular formula is C48H37NO. The maximum atomic E-state index is 6.26. The molecule has 1 aromatic heterocycles. The van der Waals surface area contributed by atoms with Gasteiger partial charge in [0.25, 0.3) is 0 Å². The van der Waals surface area contributed by atoms with Crippen LogP contribution >= 0.6 is 0 Å². The molecule has 2 heteroatoms. The van der Waals surface area contributed by atoms with E-state index in [9.17, 15) is 0 Å². The fourth-order valence-corrected chi connectivity index (χ4v) is 9.22. The molecule has 0 saturated heterocycles. The molecule has 0 unspecified atom stereocenters. The van der Waals surface area contributed by atoms with Crippen molar-refractivity contribution in [1.82, 2.24) is 0 Å². The fourth-order valence-electron chi connectivity index (χ4n) is 9.22. The van der Waals surface area contributed by atoms with Crippen molar-refractivity contribution in [2.45, 2.75) is 38.5 Å². The molecule has 0 spiro atoms. The number of fused-ring (bicyclic) bond motifs is 9. The number of para-hydroxylation sites is 1. The minimum Gasteiger partial charge on any atom is -0.456 e. The average Bonchev–Trinajstić information content (AvgIpc) is 3.73. The van der Waals surface area contributed by atoms with Crippen LogP contribution in [0.2, 0.25) is 0 Å². The van der Waals surface area contributed by atoms with Gasteiger partial charge in [-0.2, -0.15) is 0 Å². The summed E-state index contributed by atoms with van der Waals surface area (Å²) >= 11 is 0. The summed E-state index contributed by atoms with van der Waals surface area (Å²) in [5.41, 5.74) is 18.2. The number of benzene rings is 7. The molecule has 8 aromatic rings. The Balaban J connectivity index is 1.21. The summed E-state index contributed by atoms with van der Waals surface area (Å²) in [5, 5.41) is 2.31. The molecule has 0 bridgehead atoms. The first-order valence-corrected chi connectivity index (χ1v) is 17.6. The average molecular weight is 644 g/mol. The molecule has 2 aliphatic carbocycles. The Hall–Kier alpha value is -5.86. The fraction of sp³-hybridized carbons (Fsp3) is 0.125. The van der Waals surface area contributed by atoms with Crippen LogP contribution in [0.5, 0.6) is 0 Å². The number of hydrogen-bond acceptors (Lipinski definition) is 2. The predicted octanol–water partition coefficient (Wildman–Crippen LogP) is 13.3. The van der Waals surface area contributed by atoms with Gasteiger partial charge in [-0.15, -0.1) is 0 Å². The van der Waals surface area contributed by atoms with Crippen molar-refractivity contribution >= 4 is 39.0 Å². The third-order valence-electron chi connectivity index (χ3n) is 11.4. The lowest BCUT2D eigenvalue weighted by molar-refractivity contribution is 0.656. The van der Waals surface area contributed by atoms with E-state index in [1.54, 1.807) is 0 Å². The van der Waals surface area contributed by atoms with E-state index < -0.39 is 0 Å². The van der Waals surface area contributed by atoms with Gasteiger partial charge >= 0.3 is 0 Å². The van der Waals surface area contributed by atoms with Gasteiger partial charge in [0.2, 0.25) is 0 Å². The molecule has 0 aliphatic heterocycles. The van der Waals surface area contributed by atoms with Gasteiger partial charge in [-0.25, -0.2) is 0 Å². The summed E-state index contributed by atoms with van der Waals surface area (Å²) in [5.74, 6) is 0. The van der Waals surface area contributed by atoms with Crippen molar-refractivity contribution in [1.29, 1.82) is 0 Å². The Morgan fingerprint density at radius 3 is 1.52 bits per heavy atom. The predicted molar refractivity (Wildman–Crippen MR) is 209 cm³/mol. The van der Waals surface area contributed by atoms with Gasteiger partial charge in [0.05, 0.1) is 11.4 Å². The van der Waals surface area contributed by atoms with E-state index in [0.29, 0.717) is 0 Å². The molecule has 7 aromatic carbocycles. The number of rotatable bonds is 4. The van der Waals surface area contributed by atoms with Crippen LogP contribution in [0, 0.1) is 0 Å². The summed E-state index contributed by atoms with van der Waals surface area (Å²) in [7, 11) is 0. The largest absolute Gasteiger partial charge is 0.456 e. The lowest BCUT2D eigenvalue weighted by Gasteiger charge is -2.35. The number of hydrogen-bond donors (Lipinski definition) is 0. The van der Waals surface area contributed by atoms with Crippen LogP contribution in [0.25, 0.3) is 55.3 Å². The molecule has 0 atom stereocenters. The second-order valence-electron chi connectivity index (χ2n) is 14.9.